The molecule has 2 aromatic heterocycles. The molecule has 1 aliphatic heterocycles. The summed E-state index contributed by atoms with van der Waals surface area (Å²) in [6.07, 6.45) is 2.98. The van der Waals surface area contributed by atoms with Gasteiger partial charge in [0.15, 0.2) is 10.9 Å². The van der Waals surface area contributed by atoms with Gasteiger partial charge in [-0.15, -0.1) is 0 Å². The van der Waals surface area contributed by atoms with E-state index in [-0.39, 0.29) is 22.2 Å². The highest BCUT2D eigenvalue weighted by Gasteiger charge is 2.48. The van der Waals surface area contributed by atoms with Gasteiger partial charge >= 0.3 is 5.91 Å². The molecule has 1 fully saturated rings. The number of aromatic nitrogens is 2. The molecule has 30 heavy (non-hydrogen) atoms. The van der Waals surface area contributed by atoms with Crippen LogP contribution in [0.15, 0.2) is 60.4 Å². The number of benzene rings is 1. The fourth-order valence-electron chi connectivity index (χ4n) is 3.46. The molecule has 1 amide bonds. The molecule has 1 aliphatic rings. The molecule has 3 aromatic rings. The van der Waals surface area contributed by atoms with Crippen molar-refractivity contribution in [3.8, 4) is 0 Å². The summed E-state index contributed by atoms with van der Waals surface area (Å²) in [5.41, 5.74) is 1.48. The number of pyridine rings is 1. The summed E-state index contributed by atoms with van der Waals surface area (Å²) in [4.78, 5) is 47.9. The summed E-state index contributed by atoms with van der Waals surface area (Å²) in [5.74, 6) is -2.06. The average Bonchev–Trinajstić information content (AvgIpc) is 3.26. The van der Waals surface area contributed by atoms with Crippen molar-refractivity contribution >= 4 is 39.7 Å². The highest BCUT2D eigenvalue weighted by Crippen LogP contribution is 2.43. The monoisotopic (exact) mass is 419 g/mol. The first-order chi connectivity index (χ1) is 14.4. The van der Waals surface area contributed by atoms with Crippen LogP contribution in [0.4, 0.5) is 5.13 Å². The Balaban J connectivity index is 1.94. The van der Waals surface area contributed by atoms with E-state index in [4.69, 9.17) is 0 Å². The van der Waals surface area contributed by atoms with Crippen molar-refractivity contribution in [3.05, 3.63) is 82.1 Å². The molecule has 1 saturated heterocycles. The number of carbonyl (C=O) groups excluding carboxylic acids is 3. The summed E-state index contributed by atoms with van der Waals surface area (Å²) >= 11 is 1.06. The second-order valence-electron chi connectivity index (χ2n) is 6.78. The Morgan fingerprint density at radius 3 is 2.37 bits per heavy atom. The maximum atomic E-state index is 13.0. The molecule has 0 spiro atoms. The second-order valence-corrected chi connectivity index (χ2v) is 7.76. The Labute approximate surface area is 176 Å². The number of carbonyl (C=O) groups is 3. The third-order valence-electron chi connectivity index (χ3n) is 4.82. The molecule has 0 bridgehead atoms. The van der Waals surface area contributed by atoms with Crippen LogP contribution in [0, 0.1) is 6.92 Å². The van der Waals surface area contributed by atoms with Gasteiger partial charge in [0, 0.05) is 24.9 Å². The predicted molar refractivity (Wildman–Crippen MR) is 112 cm³/mol. The third kappa shape index (κ3) is 3.21. The van der Waals surface area contributed by atoms with E-state index >= 15 is 0 Å². The number of hydrogen-bond acceptors (Lipinski definition) is 7. The topological polar surface area (TPSA) is 100 Å². The van der Waals surface area contributed by atoms with E-state index in [0.717, 1.165) is 11.3 Å². The molecule has 0 saturated carbocycles. The zero-order chi connectivity index (χ0) is 21.4. The van der Waals surface area contributed by atoms with Crippen molar-refractivity contribution < 1.29 is 19.5 Å². The Kier molecular flexibility index (Phi) is 5.01. The number of hydrogen-bond donors (Lipinski definition) is 1. The number of Topliss-reactive ketones (excluding diaryl/α,β-unsaturated/α-hetero) is 2. The summed E-state index contributed by atoms with van der Waals surface area (Å²) in [5, 5.41) is 11.2. The SMILES string of the molecule is CC(=O)c1sc(N2C(=O)C(=O)/C(=C(/O)c3ccncc3)C2c2ccccc2)nc1C. The van der Waals surface area contributed by atoms with Gasteiger partial charge in [0.1, 0.15) is 5.76 Å². The molecule has 150 valence electrons. The van der Waals surface area contributed by atoms with Crippen molar-refractivity contribution in [2.75, 3.05) is 4.90 Å². The van der Waals surface area contributed by atoms with E-state index in [9.17, 15) is 19.5 Å². The van der Waals surface area contributed by atoms with Gasteiger partial charge in [0.2, 0.25) is 0 Å². The first-order valence-electron chi connectivity index (χ1n) is 9.15. The van der Waals surface area contributed by atoms with E-state index in [1.54, 1.807) is 43.3 Å². The zero-order valence-electron chi connectivity index (χ0n) is 16.2. The number of rotatable bonds is 4. The van der Waals surface area contributed by atoms with Crippen LogP contribution in [-0.4, -0.2) is 32.5 Å². The van der Waals surface area contributed by atoms with Gasteiger partial charge in [0.25, 0.3) is 5.78 Å². The van der Waals surface area contributed by atoms with Gasteiger partial charge in [-0.05, 0) is 24.6 Å². The second kappa shape index (κ2) is 7.64. The molecule has 1 unspecified atom stereocenters. The van der Waals surface area contributed by atoms with E-state index in [1.807, 2.05) is 6.07 Å². The number of aliphatic hydroxyl groups is 1. The average molecular weight is 419 g/mol. The van der Waals surface area contributed by atoms with Crippen molar-refractivity contribution in [1.82, 2.24) is 9.97 Å². The molecule has 7 nitrogen and oxygen atoms in total. The third-order valence-corrected chi connectivity index (χ3v) is 6.08. The number of aliphatic hydroxyl groups excluding tert-OH is 1. The van der Waals surface area contributed by atoms with Crippen LogP contribution in [-0.2, 0) is 9.59 Å². The standard InChI is InChI=1S/C22H17N3O4S/c1-12-20(13(2)26)30-22(24-12)25-17(14-6-4-3-5-7-14)16(19(28)21(25)29)18(27)15-8-10-23-11-9-15/h3-11,17,27H,1-2H3/b18-16+. The molecular weight excluding hydrogens is 402 g/mol. The summed E-state index contributed by atoms with van der Waals surface area (Å²) in [6.45, 7) is 3.11. The lowest BCUT2D eigenvalue weighted by molar-refractivity contribution is -0.132. The smallest absolute Gasteiger partial charge is 0.301 e. The first-order valence-corrected chi connectivity index (χ1v) is 9.96. The first kappa shape index (κ1) is 19.7. The molecule has 1 N–H and O–H groups in total. The largest absolute Gasteiger partial charge is 0.507 e. The van der Waals surface area contributed by atoms with E-state index in [1.165, 1.54) is 24.2 Å². The minimum Gasteiger partial charge on any atom is -0.507 e. The Morgan fingerprint density at radius 1 is 1.10 bits per heavy atom. The van der Waals surface area contributed by atoms with Crippen molar-refractivity contribution in [3.63, 3.8) is 0 Å². The van der Waals surface area contributed by atoms with Crippen LogP contribution in [0.2, 0.25) is 0 Å². The molecule has 1 atom stereocenters. The van der Waals surface area contributed by atoms with E-state index < -0.39 is 17.7 Å². The molecule has 8 heteroatoms. The predicted octanol–water partition coefficient (Wildman–Crippen LogP) is 3.68. The number of nitrogens with zero attached hydrogens (tertiary/aromatic N) is 3. The van der Waals surface area contributed by atoms with Crippen molar-refractivity contribution in [2.45, 2.75) is 19.9 Å². The van der Waals surface area contributed by atoms with Gasteiger partial charge in [-0.3, -0.25) is 24.3 Å². The Morgan fingerprint density at radius 2 is 1.77 bits per heavy atom. The van der Waals surface area contributed by atoms with Crippen LogP contribution < -0.4 is 4.90 Å². The summed E-state index contributed by atoms with van der Waals surface area (Å²) in [6, 6.07) is 11.2. The lowest BCUT2D eigenvalue weighted by Gasteiger charge is -2.22. The van der Waals surface area contributed by atoms with Gasteiger partial charge in [0.05, 0.1) is 22.2 Å². The summed E-state index contributed by atoms with van der Waals surface area (Å²) < 4.78 is 0. The van der Waals surface area contributed by atoms with Crippen LogP contribution >= 0.6 is 11.3 Å². The van der Waals surface area contributed by atoms with Crippen LogP contribution in [0.1, 0.15) is 39.5 Å². The lowest BCUT2D eigenvalue weighted by Crippen LogP contribution is -2.29. The number of aryl methyl sites for hydroxylation is 1. The Bertz CT molecular complexity index is 1190. The number of anilines is 1. The minimum absolute atomic E-state index is 0.0328. The highest BCUT2D eigenvalue weighted by atomic mass is 32.1. The lowest BCUT2D eigenvalue weighted by atomic mass is 9.96. The molecule has 0 radical (unpaired) electrons. The molecule has 1 aromatic carbocycles. The number of amides is 1. The van der Waals surface area contributed by atoms with Crippen LogP contribution in [0.25, 0.3) is 5.76 Å². The fourth-order valence-corrected chi connectivity index (χ4v) is 4.45. The van der Waals surface area contributed by atoms with Crippen molar-refractivity contribution in [1.29, 1.82) is 0 Å². The molecule has 0 aliphatic carbocycles. The van der Waals surface area contributed by atoms with E-state index in [0.29, 0.717) is 21.7 Å². The number of ketones is 2. The van der Waals surface area contributed by atoms with Gasteiger partial charge in [-0.1, -0.05) is 41.7 Å². The quantitative estimate of drug-likeness (QED) is 0.300. The molecule has 3 heterocycles. The minimum atomic E-state index is -0.871. The maximum absolute atomic E-state index is 13.0. The fraction of sp³-hybridized carbons (Fsp3) is 0.136. The Hall–Kier alpha value is -3.65. The van der Waals surface area contributed by atoms with Gasteiger partial charge < -0.3 is 5.11 Å². The van der Waals surface area contributed by atoms with Crippen molar-refractivity contribution in [2.24, 2.45) is 0 Å². The normalized spacial score (nSPS) is 18.1. The summed E-state index contributed by atoms with van der Waals surface area (Å²) in [7, 11) is 0. The van der Waals surface area contributed by atoms with Gasteiger partial charge in [-0.2, -0.15) is 0 Å². The maximum Gasteiger partial charge on any atom is 0.301 e. The van der Waals surface area contributed by atoms with Crippen LogP contribution in [0.3, 0.4) is 0 Å². The van der Waals surface area contributed by atoms with Crippen LogP contribution in [0.5, 0.6) is 0 Å². The van der Waals surface area contributed by atoms with Gasteiger partial charge in [-0.25, -0.2) is 4.98 Å². The van der Waals surface area contributed by atoms with E-state index in [2.05, 4.69) is 9.97 Å². The highest BCUT2D eigenvalue weighted by molar-refractivity contribution is 7.18. The zero-order valence-corrected chi connectivity index (χ0v) is 17.0. The number of thiazole rings is 1. The molecular formula is C22H17N3O4S. The molecule has 4 rings (SSSR count).